The van der Waals surface area contributed by atoms with E-state index in [1.807, 2.05) is 19.1 Å². The predicted octanol–water partition coefficient (Wildman–Crippen LogP) is 4.51. The molecule has 0 aliphatic rings. The fourth-order valence-corrected chi connectivity index (χ4v) is 3.25. The summed E-state index contributed by atoms with van der Waals surface area (Å²) >= 11 is 0. The van der Waals surface area contributed by atoms with Gasteiger partial charge in [-0.15, -0.1) is 0 Å². The van der Waals surface area contributed by atoms with Gasteiger partial charge in [0.25, 0.3) is 0 Å². The molecule has 0 aliphatic carbocycles. The van der Waals surface area contributed by atoms with Crippen LogP contribution in [-0.4, -0.2) is 19.1 Å². The fraction of sp³-hybridized carbons (Fsp3) is 0.261. The Labute approximate surface area is 155 Å². The molecule has 1 N–H and O–H groups in total. The van der Waals surface area contributed by atoms with Crippen LogP contribution in [0.2, 0.25) is 0 Å². The topological polar surface area (TPSA) is 38.3 Å². The first-order valence-electron chi connectivity index (χ1n) is 9.12. The molecule has 0 aromatic heterocycles. The van der Waals surface area contributed by atoms with E-state index in [0.29, 0.717) is 13.2 Å². The van der Waals surface area contributed by atoms with Crippen molar-refractivity contribution < 1.29 is 9.53 Å². The van der Waals surface area contributed by atoms with E-state index in [-0.39, 0.29) is 5.91 Å². The van der Waals surface area contributed by atoms with Gasteiger partial charge in [0.05, 0.1) is 6.61 Å². The van der Waals surface area contributed by atoms with Crippen LogP contribution in [-0.2, 0) is 17.6 Å². The van der Waals surface area contributed by atoms with Gasteiger partial charge in [0, 0.05) is 13.5 Å². The molecule has 3 aromatic rings. The lowest BCUT2D eigenvalue weighted by atomic mass is 9.95. The van der Waals surface area contributed by atoms with Crippen LogP contribution in [0.5, 0.6) is 5.75 Å². The Morgan fingerprint density at radius 3 is 2.54 bits per heavy atom. The molecule has 0 spiro atoms. The quantitative estimate of drug-likeness (QED) is 0.683. The molecular weight excluding hydrogens is 322 g/mol. The maximum atomic E-state index is 11.2. The first-order chi connectivity index (χ1) is 12.7. The van der Waals surface area contributed by atoms with Crippen molar-refractivity contribution in [1.82, 2.24) is 5.32 Å². The second-order valence-corrected chi connectivity index (χ2v) is 6.47. The Morgan fingerprint density at radius 1 is 1.00 bits per heavy atom. The van der Waals surface area contributed by atoms with Crippen LogP contribution in [0.25, 0.3) is 10.8 Å². The van der Waals surface area contributed by atoms with Crippen LogP contribution < -0.4 is 10.1 Å². The highest BCUT2D eigenvalue weighted by atomic mass is 16.5. The molecule has 0 saturated heterocycles. The second kappa shape index (κ2) is 8.52. The molecule has 3 aromatic carbocycles. The summed E-state index contributed by atoms with van der Waals surface area (Å²) in [6.07, 6.45) is 1.70. The van der Waals surface area contributed by atoms with E-state index in [2.05, 4.69) is 53.8 Å². The van der Waals surface area contributed by atoms with Gasteiger partial charge in [0.2, 0.25) is 5.91 Å². The number of amides is 1. The third kappa shape index (κ3) is 4.63. The van der Waals surface area contributed by atoms with Crippen LogP contribution in [0, 0.1) is 0 Å². The van der Waals surface area contributed by atoms with Crippen LogP contribution in [0.15, 0.2) is 60.7 Å². The summed E-state index contributed by atoms with van der Waals surface area (Å²) in [6.45, 7) is 4.83. The summed E-state index contributed by atoms with van der Waals surface area (Å²) < 4.78 is 5.67. The highest BCUT2D eigenvalue weighted by molar-refractivity contribution is 5.88. The SMILES string of the molecule is CCOc1ccc2cc(Cc3ccccc3)cc(CCNC(C)=O)c2c1. The number of hydrogen-bond donors (Lipinski definition) is 1. The largest absolute Gasteiger partial charge is 0.494 e. The van der Waals surface area contributed by atoms with Gasteiger partial charge in [-0.05, 0) is 59.4 Å². The number of carbonyl (C=O) groups excluding carboxylic acids is 1. The molecule has 0 unspecified atom stereocenters. The minimum atomic E-state index is 0.00440. The van der Waals surface area contributed by atoms with Crippen molar-refractivity contribution in [2.75, 3.05) is 13.2 Å². The van der Waals surface area contributed by atoms with Crippen LogP contribution in [0.3, 0.4) is 0 Å². The highest BCUT2D eigenvalue weighted by Crippen LogP contribution is 2.27. The lowest BCUT2D eigenvalue weighted by molar-refractivity contribution is -0.118. The van der Waals surface area contributed by atoms with E-state index in [4.69, 9.17) is 4.74 Å². The number of ether oxygens (including phenoxy) is 1. The molecule has 3 nitrogen and oxygen atoms in total. The van der Waals surface area contributed by atoms with Crippen molar-refractivity contribution in [3.05, 3.63) is 77.4 Å². The number of hydrogen-bond acceptors (Lipinski definition) is 2. The molecular formula is C23H25NO2. The van der Waals surface area contributed by atoms with E-state index in [0.717, 1.165) is 18.6 Å². The molecule has 0 saturated carbocycles. The molecule has 3 heteroatoms. The summed E-state index contributed by atoms with van der Waals surface area (Å²) in [5.74, 6) is 0.890. The lowest BCUT2D eigenvalue weighted by Crippen LogP contribution is -2.22. The number of rotatable bonds is 7. The van der Waals surface area contributed by atoms with Crippen molar-refractivity contribution >= 4 is 16.7 Å². The van der Waals surface area contributed by atoms with Gasteiger partial charge in [-0.2, -0.15) is 0 Å². The Morgan fingerprint density at radius 2 is 1.81 bits per heavy atom. The Kier molecular flexibility index (Phi) is 5.90. The monoisotopic (exact) mass is 347 g/mol. The maximum absolute atomic E-state index is 11.2. The molecule has 3 rings (SSSR count). The van der Waals surface area contributed by atoms with Gasteiger partial charge in [0.15, 0.2) is 0 Å². The number of nitrogens with one attached hydrogen (secondary N) is 1. The lowest BCUT2D eigenvalue weighted by Gasteiger charge is -2.13. The number of carbonyl (C=O) groups is 1. The molecule has 0 bridgehead atoms. The molecule has 0 atom stereocenters. The summed E-state index contributed by atoms with van der Waals surface area (Å²) in [6, 6.07) is 21.2. The molecule has 0 heterocycles. The van der Waals surface area contributed by atoms with Gasteiger partial charge < -0.3 is 10.1 Å². The summed E-state index contributed by atoms with van der Waals surface area (Å²) in [7, 11) is 0. The second-order valence-electron chi connectivity index (χ2n) is 6.47. The minimum Gasteiger partial charge on any atom is -0.494 e. The molecule has 0 radical (unpaired) electrons. The van der Waals surface area contributed by atoms with E-state index in [9.17, 15) is 4.79 Å². The van der Waals surface area contributed by atoms with Gasteiger partial charge in [0.1, 0.15) is 5.75 Å². The third-order valence-electron chi connectivity index (χ3n) is 4.40. The zero-order valence-corrected chi connectivity index (χ0v) is 15.4. The smallest absolute Gasteiger partial charge is 0.216 e. The predicted molar refractivity (Wildman–Crippen MR) is 107 cm³/mol. The first-order valence-corrected chi connectivity index (χ1v) is 9.12. The normalized spacial score (nSPS) is 10.7. The Bertz CT molecular complexity index is 887. The Balaban J connectivity index is 1.96. The highest BCUT2D eigenvalue weighted by Gasteiger charge is 2.08. The van der Waals surface area contributed by atoms with Crippen molar-refractivity contribution in [2.24, 2.45) is 0 Å². The van der Waals surface area contributed by atoms with Gasteiger partial charge in [-0.3, -0.25) is 4.79 Å². The zero-order chi connectivity index (χ0) is 18.4. The molecule has 26 heavy (non-hydrogen) atoms. The number of fused-ring (bicyclic) bond motifs is 1. The van der Waals surface area contributed by atoms with Gasteiger partial charge >= 0.3 is 0 Å². The van der Waals surface area contributed by atoms with E-state index < -0.39 is 0 Å². The van der Waals surface area contributed by atoms with Crippen LogP contribution >= 0.6 is 0 Å². The van der Waals surface area contributed by atoms with E-state index >= 15 is 0 Å². The summed E-state index contributed by atoms with van der Waals surface area (Å²) in [5.41, 5.74) is 3.82. The van der Waals surface area contributed by atoms with E-state index in [1.54, 1.807) is 6.92 Å². The van der Waals surface area contributed by atoms with Crippen molar-refractivity contribution in [2.45, 2.75) is 26.7 Å². The third-order valence-corrected chi connectivity index (χ3v) is 4.40. The summed E-state index contributed by atoms with van der Waals surface area (Å²) in [5, 5.41) is 5.30. The van der Waals surface area contributed by atoms with Gasteiger partial charge in [-0.25, -0.2) is 0 Å². The number of benzene rings is 3. The van der Waals surface area contributed by atoms with Crippen molar-refractivity contribution in [3.63, 3.8) is 0 Å². The Hall–Kier alpha value is -2.81. The average molecular weight is 347 g/mol. The van der Waals surface area contributed by atoms with Gasteiger partial charge in [-0.1, -0.05) is 48.5 Å². The molecule has 0 aliphatic heterocycles. The van der Waals surface area contributed by atoms with Crippen LogP contribution in [0.1, 0.15) is 30.5 Å². The van der Waals surface area contributed by atoms with Crippen molar-refractivity contribution in [1.29, 1.82) is 0 Å². The van der Waals surface area contributed by atoms with E-state index in [1.165, 1.54) is 27.5 Å². The van der Waals surface area contributed by atoms with Crippen molar-refractivity contribution in [3.8, 4) is 5.75 Å². The average Bonchev–Trinajstić information content (AvgIpc) is 2.63. The molecule has 0 fully saturated rings. The standard InChI is InChI=1S/C23H25NO2/c1-3-26-22-10-9-20-14-19(13-18-7-5-4-6-8-18)15-21(23(20)16-22)11-12-24-17(2)25/h4-10,14-16H,3,11-13H2,1-2H3,(H,24,25). The minimum absolute atomic E-state index is 0.00440. The first kappa shape index (κ1) is 18.0. The molecule has 1 amide bonds. The zero-order valence-electron chi connectivity index (χ0n) is 15.4. The maximum Gasteiger partial charge on any atom is 0.216 e. The fourth-order valence-electron chi connectivity index (χ4n) is 3.25. The molecule has 134 valence electrons. The van der Waals surface area contributed by atoms with Crippen LogP contribution in [0.4, 0.5) is 0 Å². The summed E-state index contributed by atoms with van der Waals surface area (Å²) in [4.78, 5) is 11.2.